The smallest absolute Gasteiger partial charge is 0.0597 e. The molecule has 2 heterocycles. The van der Waals surface area contributed by atoms with Crippen LogP contribution in [-0.4, -0.2) is 39.4 Å². The van der Waals surface area contributed by atoms with Crippen LogP contribution in [0.25, 0.3) is 0 Å². The first-order chi connectivity index (χ1) is 9.88. The molecule has 120 valence electrons. The Labute approximate surface area is 129 Å². The summed E-state index contributed by atoms with van der Waals surface area (Å²) in [5.41, 5.74) is 2.71. The van der Waals surface area contributed by atoms with E-state index in [4.69, 9.17) is 0 Å². The molecule has 1 aromatic heterocycles. The number of hydrogen-bond donors (Lipinski definition) is 1. The first kappa shape index (κ1) is 16.5. The zero-order chi connectivity index (χ0) is 15.6. The third kappa shape index (κ3) is 3.67. The van der Waals surface area contributed by atoms with E-state index in [1.165, 1.54) is 12.1 Å². The number of hydrogen-bond acceptors (Lipinski definition) is 3. The van der Waals surface area contributed by atoms with Crippen molar-refractivity contribution in [3.63, 3.8) is 0 Å². The molecule has 2 rings (SSSR count). The average molecular weight is 292 g/mol. The van der Waals surface area contributed by atoms with E-state index in [9.17, 15) is 0 Å². The Balaban J connectivity index is 2.19. The van der Waals surface area contributed by atoms with E-state index in [0.717, 1.165) is 31.9 Å². The second-order valence-electron chi connectivity index (χ2n) is 7.10. The fraction of sp³-hybridized carbons (Fsp3) is 0.824. The topological polar surface area (TPSA) is 33.1 Å². The van der Waals surface area contributed by atoms with Crippen molar-refractivity contribution in [1.29, 1.82) is 0 Å². The Hall–Kier alpha value is -0.870. The molecule has 1 aliphatic heterocycles. The summed E-state index contributed by atoms with van der Waals surface area (Å²) >= 11 is 0. The number of rotatable bonds is 5. The van der Waals surface area contributed by atoms with Gasteiger partial charge in [0.2, 0.25) is 0 Å². The first-order valence-corrected chi connectivity index (χ1v) is 8.41. The minimum absolute atomic E-state index is 0.234. The Morgan fingerprint density at radius 1 is 1.43 bits per heavy atom. The fourth-order valence-corrected chi connectivity index (χ4v) is 3.38. The van der Waals surface area contributed by atoms with E-state index in [-0.39, 0.29) is 5.54 Å². The van der Waals surface area contributed by atoms with E-state index in [1.807, 2.05) is 0 Å². The second kappa shape index (κ2) is 6.49. The summed E-state index contributed by atoms with van der Waals surface area (Å²) in [7, 11) is 0. The lowest BCUT2D eigenvalue weighted by Gasteiger charge is -2.47. The SMILES string of the molecule is CCn1nc(C)cc1CN1CC(C)(CC)NCC1C(C)C. The fourth-order valence-electron chi connectivity index (χ4n) is 3.38. The van der Waals surface area contributed by atoms with Gasteiger partial charge in [-0.15, -0.1) is 0 Å². The molecule has 2 unspecified atom stereocenters. The number of nitrogens with one attached hydrogen (secondary N) is 1. The molecule has 2 atom stereocenters. The minimum atomic E-state index is 0.234. The Kier molecular flexibility index (Phi) is 5.10. The van der Waals surface area contributed by atoms with Crippen LogP contribution in [0.5, 0.6) is 0 Å². The van der Waals surface area contributed by atoms with Crippen molar-refractivity contribution in [3.05, 3.63) is 17.5 Å². The maximum Gasteiger partial charge on any atom is 0.0597 e. The van der Waals surface area contributed by atoms with Crippen molar-refractivity contribution in [2.24, 2.45) is 5.92 Å². The Morgan fingerprint density at radius 2 is 2.14 bits per heavy atom. The maximum atomic E-state index is 4.60. The number of aromatic nitrogens is 2. The first-order valence-electron chi connectivity index (χ1n) is 8.41. The van der Waals surface area contributed by atoms with Gasteiger partial charge in [0.15, 0.2) is 0 Å². The zero-order valence-corrected chi connectivity index (χ0v) is 14.6. The van der Waals surface area contributed by atoms with Crippen LogP contribution >= 0.6 is 0 Å². The molecule has 1 N–H and O–H groups in total. The van der Waals surface area contributed by atoms with Crippen molar-refractivity contribution in [2.45, 2.75) is 72.6 Å². The summed E-state index contributed by atoms with van der Waals surface area (Å²) < 4.78 is 2.15. The molecule has 0 aromatic carbocycles. The predicted molar refractivity (Wildman–Crippen MR) is 88.4 cm³/mol. The van der Waals surface area contributed by atoms with Gasteiger partial charge in [0.1, 0.15) is 0 Å². The van der Waals surface area contributed by atoms with E-state index in [2.05, 4.69) is 67.6 Å². The molecule has 1 fully saturated rings. The molecule has 4 heteroatoms. The van der Waals surface area contributed by atoms with E-state index < -0.39 is 0 Å². The van der Waals surface area contributed by atoms with Gasteiger partial charge in [0.05, 0.1) is 11.4 Å². The highest BCUT2D eigenvalue weighted by Gasteiger charge is 2.36. The summed E-state index contributed by atoms with van der Waals surface area (Å²) in [5.74, 6) is 0.665. The minimum Gasteiger partial charge on any atom is -0.309 e. The largest absolute Gasteiger partial charge is 0.309 e. The summed E-state index contributed by atoms with van der Waals surface area (Å²) in [5, 5.41) is 8.36. The van der Waals surface area contributed by atoms with Crippen molar-refractivity contribution < 1.29 is 0 Å². The number of piperazine rings is 1. The van der Waals surface area contributed by atoms with Gasteiger partial charge in [-0.05, 0) is 39.2 Å². The third-order valence-electron chi connectivity index (χ3n) is 4.96. The molecule has 0 radical (unpaired) electrons. The maximum absolute atomic E-state index is 4.60. The molecule has 0 spiro atoms. The van der Waals surface area contributed by atoms with E-state index in [0.29, 0.717) is 12.0 Å². The van der Waals surface area contributed by atoms with Gasteiger partial charge >= 0.3 is 0 Å². The average Bonchev–Trinajstić information content (AvgIpc) is 2.78. The summed E-state index contributed by atoms with van der Waals surface area (Å²) in [6.07, 6.45) is 1.17. The number of aryl methyl sites for hydroxylation is 2. The number of nitrogens with zero attached hydrogens (tertiary/aromatic N) is 3. The zero-order valence-electron chi connectivity index (χ0n) is 14.6. The molecular weight excluding hydrogens is 260 g/mol. The van der Waals surface area contributed by atoms with Gasteiger partial charge in [-0.3, -0.25) is 9.58 Å². The van der Waals surface area contributed by atoms with E-state index in [1.54, 1.807) is 0 Å². The quantitative estimate of drug-likeness (QED) is 0.906. The van der Waals surface area contributed by atoms with Crippen LogP contribution in [0.3, 0.4) is 0 Å². The molecule has 1 aliphatic rings. The normalized spacial score (nSPS) is 27.5. The molecule has 4 nitrogen and oxygen atoms in total. The standard InChI is InChI=1S/C17H32N4/c1-7-17(6)12-20(16(10-18-17)13(3)4)11-15-9-14(5)19-21(15)8-2/h9,13,16,18H,7-8,10-12H2,1-6H3. The van der Waals surface area contributed by atoms with E-state index >= 15 is 0 Å². The molecule has 0 amide bonds. The van der Waals surface area contributed by atoms with Crippen LogP contribution in [0, 0.1) is 12.8 Å². The van der Waals surface area contributed by atoms with Crippen molar-refractivity contribution >= 4 is 0 Å². The van der Waals surface area contributed by atoms with Gasteiger partial charge in [-0.25, -0.2) is 0 Å². The van der Waals surface area contributed by atoms with Gasteiger partial charge in [0.25, 0.3) is 0 Å². The van der Waals surface area contributed by atoms with Crippen molar-refractivity contribution in [1.82, 2.24) is 20.0 Å². The van der Waals surface area contributed by atoms with Gasteiger partial charge < -0.3 is 5.32 Å². The monoisotopic (exact) mass is 292 g/mol. The van der Waals surface area contributed by atoms with Gasteiger partial charge in [0, 0.05) is 37.8 Å². The van der Waals surface area contributed by atoms with Gasteiger partial charge in [-0.1, -0.05) is 20.8 Å². The molecule has 0 bridgehead atoms. The highest BCUT2D eigenvalue weighted by molar-refractivity contribution is 5.10. The van der Waals surface area contributed by atoms with Crippen LogP contribution in [0.4, 0.5) is 0 Å². The van der Waals surface area contributed by atoms with Crippen LogP contribution in [0.1, 0.15) is 52.4 Å². The molecular formula is C17H32N4. The summed E-state index contributed by atoms with van der Waals surface area (Å²) in [6, 6.07) is 2.84. The molecule has 0 saturated carbocycles. The van der Waals surface area contributed by atoms with Crippen LogP contribution in [0.2, 0.25) is 0 Å². The summed E-state index contributed by atoms with van der Waals surface area (Å²) in [6.45, 7) is 17.7. The lowest BCUT2D eigenvalue weighted by molar-refractivity contribution is 0.0518. The highest BCUT2D eigenvalue weighted by Crippen LogP contribution is 2.24. The molecule has 21 heavy (non-hydrogen) atoms. The summed E-state index contributed by atoms with van der Waals surface area (Å²) in [4.78, 5) is 2.66. The van der Waals surface area contributed by atoms with Crippen LogP contribution in [0.15, 0.2) is 6.07 Å². The van der Waals surface area contributed by atoms with Gasteiger partial charge in [-0.2, -0.15) is 5.10 Å². The van der Waals surface area contributed by atoms with Crippen molar-refractivity contribution in [2.75, 3.05) is 13.1 Å². The Bertz CT molecular complexity index is 465. The lowest BCUT2D eigenvalue weighted by Crippen LogP contribution is -2.63. The predicted octanol–water partition coefficient (Wildman–Crippen LogP) is 2.81. The van der Waals surface area contributed by atoms with Crippen LogP contribution < -0.4 is 5.32 Å². The molecule has 1 aromatic rings. The molecule has 0 aliphatic carbocycles. The highest BCUT2D eigenvalue weighted by atomic mass is 15.3. The molecule has 1 saturated heterocycles. The van der Waals surface area contributed by atoms with Crippen LogP contribution in [-0.2, 0) is 13.1 Å². The second-order valence-corrected chi connectivity index (χ2v) is 7.10. The third-order valence-corrected chi connectivity index (χ3v) is 4.96. The van der Waals surface area contributed by atoms with Crippen molar-refractivity contribution in [3.8, 4) is 0 Å². The Morgan fingerprint density at radius 3 is 2.71 bits per heavy atom. The lowest BCUT2D eigenvalue weighted by atomic mass is 9.90.